The van der Waals surface area contributed by atoms with Crippen LogP contribution in [0.25, 0.3) is 0 Å². The summed E-state index contributed by atoms with van der Waals surface area (Å²) >= 11 is 0. The van der Waals surface area contributed by atoms with E-state index in [1.165, 1.54) is 0 Å². The molecular formula is C22H31IN4O2. The molecule has 1 amide bonds. The molecule has 2 rings (SSSR count). The second kappa shape index (κ2) is 12.3. The summed E-state index contributed by atoms with van der Waals surface area (Å²) in [4.78, 5) is 17.8. The Morgan fingerprint density at radius 2 is 1.66 bits per heavy atom. The zero-order valence-electron chi connectivity index (χ0n) is 17.7. The van der Waals surface area contributed by atoms with E-state index in [2.05, 4.69) is 15.6 Å². The van der Waals surface area contributed by atoms with Crippen LogP contribution in [0.4, 0.5) is 0 Å². The summed E-state index contributed by atoms with van der Waals surface area (Å²) in [7, 11) is 5.24. The number of amides is 1. The number of carbonyl (C=O) groups excluding carboxylic acids is 1. The lowest BCUT2D eigenvalue weighted by Crippen LogP contribution is -2.36. The van der Waals surface area contributed by atoms with Crippen LogP contribution in [0.2, 0.25) is 0 Å². The lowest BCUT2D eigenvalue weighted by Gasteiger charge is -2.14. The van der Waals surface area contributed by atoms with E-state index in [-0.39, 0.29) is 36.0 Å². The van der Waals surface area contributed by atoms with Crippen molar-refractivity contribution in [2.45, 2.75) is 33.0 Å². The average Bonchev–Trinajstić information content (AvgIpc) is 2.67. The monoisotopic (exact) mass is 510 g/mol. The third-order valence-electron chi connectivity index (χ3n) is 4.02. The van der Waals surface area contributed by atoms with Crippen LogP contribution in [0, 0.1) is 0 Å². The molecule has 0 unspecified atom stereocenters. The van der Waals surface area contributed by atoms with Crippen molar-refractivity contribution in [3.05, 3.63) is 65.2 Å². The molecule has 0 aliphatic carbocycles. The van der Waals surface area contributed by atoms with Gasteiger partial charge in [-0.2, -0.15) is 0 Å². The van der Waals surface area contributed by atoms with Crippen LogP contribution in [-0.2, 0) is 13.1 Å². The number of nitrogens with zero attached hydrogens (tertiary/aromatic N) is 2. The molecule has 0 aliphatic heterocycles. The molecule has 2 N–H and O–H groups in total. The molecule has 2 aromatic rings. The molecule has 0 saturated heterocycles. The van der Waals surface area contributed by atoms with E-state index in [9.17, 15) is 4.79 Å². The maximum Gasteiger partial charge on any atom is 0.253 e. The van der Waals surface area contributed by atoms with Crippen molar-refractivity contribution < 1.29 is 9.53 Å². The summed E-state index contributed by atoms with van der Waals surface area (Å²) in [5, 5.41) is 6.59. The molecule has 0 atom stereocenters. The van der Waals surface area contributed by atoms with Crippen molar-refractivity contribution in [3.63, 3.8) is 0 Å². The molecule has 0 saturated carbocycles. The van der Waals surface area contributed by atoms with Gasteiger partial charge in [0.15, 0.2) is 5.96 Å². The summed E-state index contributed by atoms with van der Waals surface area (Å²) in [6, 6.07) is 15.6. The van der Waals surface area contributed by atoms with E-state index in [1.54, 1.807) is 26.0 Å². The first kappa shape index (κ1) is 24.7. The Bertz CT molecular complexity index is 805. The van der Waals surface area contributed by atoms with Gasteiger partial charge in [-0.25, -0.2) is 0 Å². The molecule has 7 heteroatoms. The number of ether oxygens (including phenoxy) is 1. The van der Waals surface area contributed by atoms with E-state index in [0.29, 0.717) is 24.6 Å². The zero-order valence-corrected chi connectivity index (χ0v) is 20.1. The van der Waals surface area contributed by atoms with Gasteiger partial charge in [0.1, 0.15) is 5.75 Å². The summed E-state index contributed by atoms with van der Waals surface area (Å²) in [6.45, 7) is 5.29. The normalized spacial score (nSPS) is 10.9. The number of hydrogen-bond donors (Lipinski definition) is 2. The van der Waals surface area contributed by atoms with Crippen molar-refractivity contribution in [1.82, 2.24) is 15.5 Å². The second-order valence-corrected chi connectivity index (χ2v) is 6.99. The molecule has 158 valence electrons. The summed E-state index contributed by atoms with van der Waals surface area (Å²) < 4.78 is 5.73. The van der Waals surface area contributed by atoms with E-state index in [1.807, 2.05) is 62.4 Å². The number of benzene rings is 2. The topological polar surface area (TPSA) is 66.0 Å². The Morgan fingerprint density at radius 1 is 1.03 bits per heavy atom. The van der Waals surface area contributed by atoms with Crippen molar-refractivity contribution in [3.8, 4) is 5.75 Å². The Labute approximate surface area is 190 Å². The van der Waals surface area contributed by atoms with E-state index in [0.717, 1.165) is 16.9 Å². The highest BCUT2D eigenvalue weighted by atomic mass is 127. The van der Waals surface area contributed by atoms with Crippen LogP contribution in [0.15, 0.2) is 53.5 Å². The molecule has 0 spiro atoms. The molecule has 0 aromatic heterocycles. The smallest absolute Gasteiger partial charge is 0.253 e. The maximum atomic E-state index is 11.9. The number of guanidine groups is 1. The molecule has 0 fully saturated rings. The zero-order chi connectivity index (χ0) is 20.5. The highest BCUT2D eigenvalue weighted by Gasteiger charge is 2.07. The Morgan fingerprint density at radius 3 is 2.21 bits per heavy atom. The standard InChI is InChI=1S/C22H30N4O2.HI/c1-16(2)28-20-8-6-7-18(13-20)15-25-22(23-3)24-14-17-9-11-19(12-10-17)21(27)26(4)5;/h6-13,16H,14-15H2,1-5H3,(H2,23,24,25);1H. The van der Waals surface area contributed by atoms with Crippen molar-refractivity contribution in [2.75, 3.05) is 21.1 Å². The van der Waals surface area contributed by atoms with Gasteiger partial charge in [0.25, 0.3) is 5.91 Å². The van der Waals surface area contributed by atoms with Crippen LogP contribution < -0.4 is 15.4 Å². The van der Waals surface area contributed by atoms with Gasteiger partial charge in [0.05, 0.1) is 6.10 Å². The van der Waals surface area contributed by atoms with Gasteiger partial charge in [-0.05, 0) is 49.2 Å². The minimum Gasteiger partial charge on any atom is -0.491 e. The molecular weight excluding hydrogens is 479 g/mol. The molecule has 0 heterocycles. The quantitative estimate of drug-likeness (QED) is 0.339. The van der Waals surface area contributed by atoms with Crippen molar-refractivity contribution >= 4 is 35.8 Å². The van der Waals surface area contributed by atoms with E-state index >= 15 is 0 Å². The van der Waals surface area contributed by atoms with Crippen molar-refractivity contribution in [2.24, 2.45) is 4.99 Å². The lowest BCUT2D eigenvalue weighted by molar-refractivity contribution is 0.0827. The third-order valence-corrected chi connectivity index (χ3v) is 4.02. The van der Waals surface area contributed by atoms with Gasteiger partial charge in [0.2, 0.25) is 0 Å². The number of aliphatic imine (C=N–C) groups is 1. The highest BCUT2D eigenvalue weighted by Crippen LogP contribution is 2.14. The largest absolute Gasteiger partial charge is 0.491 e. The number of nitrogens with one attached hydrogen (secondary N) is 2. The van der Waals surface area contributed by atoms with Gasteiger partial charge in [-0.15, -0.1) is 24.0 Å². The first-order valence-electron chi connectivity index (χ1n) is 9.39. The van der Waals surface area contributed by atoms with Crippen LogP contribution >= 0.6 is 24.0 Å². The van der Waals surface area contributed by atoms with Crippen LogP contribution in [0.1, 0.15) is 35.3 Å². The predicted molar refractivity (Wildman–Crippen MR) is 129 cm³/mol. The molecule has 2 aromatic carbocycles. The third kappa shape index (κ3) is 8.31. The second-order valence-electron chi connectivity index (χ2n) is 6.99. The van der Waals surface area contributed by atoms with E-state index < -0.39 is 0 Å². The number of rotatable bonds is 7. The summed E-state index contributed by atoms with van der Waals surface area (Å²) in [5.41, 5.74) is 2.87. The van der Waals surface area contributed by atoms with Gasteiger partial charge < -0.3 is 20.3 Å². The fourth-order valence-electron chi connectivity index (χ4n) is 2.62. The van der Waals surface area contributed by atoms with E-state index in [4.69, 9.17) is 4.74 Å². The number of halogens is 1. The average molecular weight is 510 g/mol. The fraction of sp³-hybridized carbons (Fsp3) is 0.364. The fourth-order valence-corrected chi connectivity index (χ4v) is 2.62. The summed E-state index contributed by atoms with van der Waals surface area (Å²) in [5.74, 6) is 1.58. The van der Waals surface area contributed by atoms with Crippen LogP contribution in [-0.4, -0.2) is 44.0 Å². The minimum atomic E-state index is 0. The predicted octanol–water partition coefficient (Wildman–Crippen LogP) is 3.66. The van der Waals surface area contributed by atoms with Gasteiger partial charge in [-0.1, -0.05) is 24.3 Å². The Hall–Kier alpha value is -2.29. The Balaban J connectivity index is 0.00000420. The molecule has 0 radical (unpaired) electrons. The number of carbonyl (C=O) groups is 1. The van der Waals surface area contributed by atoms with Gasteiger partial charge in [-0.3, -0.25) is 9.79 Å². The lowest BCUT2D eigenvalue weighted by atomic mass is 10.1. The molecule has 29 heavy (non-hydrogen) atoms. The summed E-state index contributed by atoms with van der Waals surface area (Å²) in [6.07, 6.45) is 0.150. The van der Waals surface area contributed by atoms with Gasteiger partial charge in [0, 0.05) is 39.8 Å². The first-order chi connectivity index (χ1) is 13.4. The Kier molecular flexibility index (Phi) is 10.5. The van der Waals surface area contributed by atoms with Crippen LogP contribution in [0.3, 0.4) is 0 Å². The molecule has 0 aliphatic rings. The van der Waals surface area contributed by atoms with Gasteiger partial charge >= 0.3 is 0 Å². The minimum absolute atomic E-state index is 0. The highest BCUT2D eigenvalue weighted by molar-refractivity contribution is 14.0. The molecule has 0 bridgehead atoms. The SMILES string of the molecule is CN=C(NCc1ccc(C(=O)N(C)C)cc1)NCc1cccc(OC(C)C)c1.I. The number of hydrogen-bond acceptors (Lipinski definition) is 3. The van der Waals surface area contributed by atoms with Crippen molar-refractivity contribution in [1.29, 1.82) is 0 Å². The molecule has 6 nitrogen and oxygen atoms in total. The van der Waals surface area contributed by atoms with Crippen LogP contribution in [0.5, 0.6) is 5.75 Å². The first-order valence-corrected chi connectivity index (χ1v) is 9.39. The maximum absolute atomic E-state index is 11.9.